The molecule has 1 aliphatic rings. The lowest BCUT2D eigenvalue weighted by Gasteiger charge is -2.35. The van der Waals surface area contributed by atoms with Gasteiger partial charge in [0.05, 0.1) is 12.1 Å². The number of aromatic nitrogens is 1. The zero-order valence-electron chi connectivity index (χ0n) is 18.5. The van der Waals surface area contributed by atoms with Crippen LogP contribution < -0.4 is 4.90 Å². The van der Waals surface area contributed by atoms with Crippen LogP contribution in [0, 0.1) is 13.8 Å². The van der Waals surface area contributed by atoms with Crippen LogP contribution in [-0.4, -0.2) is 66.5 Å². The molecule has 30 heavy (non-hydrogen) atoms. The second-order valence-electron chi connectivity index (χ2n) is 7.97. The van der Waals surface area contributed by atoms with Crippen LogP contribution in [-0.2, 0) is 11.2 Å². The van der Waals surface area contributed by atoms with Crippen LogP contribution in [0.4, 0.5) is 5.69 Å². The third kappa shape index (κ3) is 5.01. The van der Waals surface area contributed by atoms with Crippen molar-refractivity contribution < 1.29 is 14.1 Å². The Morgan fingerprint density at radius 1 is 1.07 bits per heavy atom. The highest BCUT2D eigenvalue weighted by Crippen LogP contribution is 2.18. The Kier molecular flexibility index (Phi) is 7.13. The van der Waals surface area contributed by atoms with Crippen molar-refractivity contribution in [3.05, 3.63) is 46.8 Å². The monoisotopic (exact) mass is 412 g/mol. The lowest BCUT2D eigenvalue weighted by atomic mass is 10.1. The molecule has 1 fully saturated rings. The lowest BCUT2D eigenvalue weighted by molar-refractivity contribution is -0.131. The van der Waals surface area contributed by atoms with Gasteiger partial charge in [0.15, 0.2) is 0 Å². The summed E-state index contributed by atoms with van der Waals surface area (Å²) in [6.07, 6.45) is 2.60. The van der Waals surface area contributed by atoms with Crippen molar-refractivity contribution in [2.75, 3.05) is 44.7 Å². The highest BCUT2D eigenvalue weighted by atomic mass is 16.5. The van der Waals surface area contributed by atoms with Gasteiger partial charge in [-0.2, -0.15) is 0 Å². The van der Waals surface area contributed by atoms with Crippen LogP contribution in [0.15, 0.2) is 28.8 Å². The quantitative estimate of drug-likeness (QED) is 0.699. The summed E-state index contributed by atoms with van der Waals surface area (Å²) >= 11 is 0. The van der Waals surface area contributed by atoms with Crippen molar-refractivity contribution >= 4 is 17.5 Å². The predicted octanol–water partition coefficient (Wildman–Crippen LogP) is 3.05. The van der Waals surface area contributed by atoms with Crippen molar-refractivity contribution in [1.29, 1.82) is 0 Å². The molecule has 2 amide bonds. The summed E-state index contributed by atoms with van der Waals surface area (Å²) in [5.41, 5.74) is 3.44. The summed E-state index contributed by atoms with van der Waals surface area (Å²) in [6, 6.07) is 7.81. The lowest BCUT2D eigenvalue weighted by Crippen LogP contribution is -2.51. The molecule has 0 bridgehead atoms. The van der Waals surface area contributed by atoms with E-state index in [0.29, 0.717) is 43.9 Å². The number of nitrogens with zero attached hydrogens (tertiary/aromatic N) is 4. The van der Waals surface area contributed by atoms with Crippen LogP contribution in [0.1, 0.15) is 47.1 Å². The van der Waals surface area contributed by atoms with Gasteiger partial charge in [-0.1, -0.05) is 18.5 Å². The van der Waals surface area contributed by atoms with Crippen molar-refractivity contribution in [2.45, 2.75) is 40.0 Å². The Labute approximate surface area is 178 Å². The Morgan fingerprint density at radius 3 is 2.27 bits per heavy atom. The van der Waals surface area contributed by atoms with Crippen LogP contribution in [0.3, 0.4) is 0 Å². The summed E-state index contributed by atoms with van der Waals surface area (Å²) in [7, 11) is 2.07. The van der Waals surface area contributed by atoms with E-state index < -0.39 is 0 Å². The first kappa shape index (κ1) is 21.9. The maximum absolute atomic E-state index is 12.9. The highest BCUT2D eigenvalue weighted by molar-refractivity contribution is 5.94. The summed E-state index contributed by atoms with van der Waals surface area (Å²) < 4.78 is 5.15. The molecule has 0 atom stereocenters. The smallest absolute Gasteiger partial charge is 0.253 e. The molecule has 0 unspecified atom stereocenters. The number of benzene rings is 1. The minimum absolute atomic E-state index is 0.0237. The van der Waals surface area contributed by atoms with E-state index >= 15 is 0 Å². The van der Waals surface area contributed by atoms with Gasteiger partial charge in [0.1, 0.15) is 5.76 Å². The van der Waals surface area contributed by atoms with Gasteiger partial charge in [0.25, 0.3) is 5.91 Å². The second-order valence-corrected chi connectivity index (χ2v) is 7.97. The number of aryl methyl sites for hydroxylation is 2. The number of carbonyl (C=O) groups excluding carboxylic acids is 2. The molecule has 1 aliphatic heterocycles. The molecule has 0 spiro atoms. The van der Waals surface area contributed by atoms with Gasteiger partial charge in [-0.25, -0.2) is 0 Å². The molecule has 1 saturated heterocycles. The van der Waals surface area contributed by atoms with Crippen molar-refractivity contribution in [1.82, 2.24) is 15.0 Å². The van der Waals surface area contributed by atoms with E-state index in [2.05, 4.69) is 24.0 Å². The van der Waals surface area contributed by atoms with E-state index in [1.807, 2.05) is 47.9 Å². The Balaban J connectivity index is 1.53. The van der Waals surface area contributed by atoms with E-state index in [4.69, 9.17) is 4.52 Å². The Bertz CT molecular complexity index is 848. The number of unbranched alkanes of at least 4 members (excludes halogenated alkanes) is 1. The average Bonchev–Trinajstić information content (AvgIpc) is 3.09. The largest absolute Gasteiger partial charge is 0.375 e. The maximum atomic E-state index is 12.9. The zero-order valence-corrected chi connectivity index (χ0v) is 18.5. The van der Waals surface area contributed by atoms with Gasteiger partial charge < -0.3 is 19.2 Å². The molecular formula is C23H32N4O3. The normalized spacial score (nSPS) is 14.1. The van der Waals surface area contributed by atoms with E-state index in [-0.39, 0.29) is 11.8 Å². The molecule has 7 nitrogen and oxygen atoms in total. The topological polar surface area (TPSA) is 69.9 Å². The molecule has 0 saturated carbocycles. The molecule has 0 aliphatic carbocycles. The van der Waals surface area contributed by atoms with Crippen molar-refractivity contribution in [2.24, 2.45) is 0 Å². The van der Waals surface area contributed by atoms with Gasteiger partial charge in [-0.15, -0.1) is 0 Å². The third-order valence-electron chi connectivity index (χ3n) is 5.83. The molecule has 0 radical (unpaired) electrons. The molecule has 1 aromatic carbocycles. The third-order valence-corrected chi connectivity index (χ3v) is 5.83. The zero-order chi connectivity index (χ0) is 21.7. The van der Waals surface area contributed by atoms with E-state index in [0.717, 1.165) is 36.3 Å². The van der Waals surface area contributed by atoms with E-state index in [1.165, 1.54) is 0 Å². The first-order chi connectivity index (χ1) is 14.4. The molecular weight excluding hydrogens is 380 g/mol. The number of piperazine rings is 1. The van der Waals surface area contributed by atoms with Gasteiger partial charge in [-0.05, 0) is 44.5 Å². The highest BCUT2D eigenvalue weighted by Gasteiger charge is 2.26. The van der Waals surface area contributed by atoms with Crippen LogP contribution in [0.2, 0.25) is 0 Å². The summed E-state index contributed by atoms with van der Waals surface area (Å²) in [6.45, 7) is 9.05. The fourth-order valence-electron chi connectivity index (χ4n) is 3.74. The minimum atomic E-state index is 0.0237. The van der Waals surface area contributed by atoms with Crippen LogP contribution >= 0.6 is 0 Å². The predicted molar refractivity (Wildman–Crippen MR) is 117 cm³/mol. The number of carbonyl (C=O) groups is 2. The first-order valence-electron chi connectivity index (χ1n) is 10.7. The van der Waals surface area contributed by atoms with Crippen LogP contribution in [0.5, 0.6) is 0 Å². The van der Waals surface area contributed by atoms with E-state index in [9.17, 15) is 9.59 Å². The summed E-state index contributed by atoms with van der Waals surface area (Å²) in [4.78, 5) is 31.4. The number of anilines is 1. The SMILES string of the molecule is CCCCN(C)c1ccc(C(=O)N2CCN(C(=O)Cc3c(C)noc3C)CC2)cc1. The fraction of sp³-hybridized carbons (Fsp3) is 0.522. The summed E-state index contributed by atoms with van der Waals surface area (Å²) in [5, 5.41) is 3.91. The maximum Gasteiger partial charge on any atom is 0.253 e. The molecule has 2 heterocycles. The van der Waals surface area contributed by atoms with Gasteiger partial charge in [0.2, 0.25) is 5.91 Å². The number of hydrogen-bond acceptors (Lipinski definition) is 5. The Morgan fingerprint density at radius 2 is 1.70 bits per heavy atom. The molecule has 0 N–H and O–H groups in total. The molecule has 3 rings (SSSR count). The van der Waals surface area contributed by atoms with E-state index in [1.54, 1.807) is 0 Å². The summed E-state index contributed by atoms with van der Waals surface area (Å²) in [5.74, 6) is 0.769. The van der Waals surface area contributed by atoms with Crippen LogP contribution in [0.25, 0.3) is 0 Å². The van der Waals surface area contributed by atoms with Gasteiger partial charge >= 0.3 is 0 Å². The second kappa shape index (κ2) is 9.78. The standard InChI is InChI=1S/C23H32N4O3/c1-5-6-11-25(4)20-9-7-19(8-10-20)23(29)27-14-12-26(13-15-27)22(28)16-21-17(2)24-30-18(21)3/h7-10H,5-6,11-16H2,1-4H3. The minimum Gasteiger partial charge on any atom is -0.375 e. The molecule has 162 valence electrons. The number of amides is 2. The average molecular weight is 413 g/mol. The number of hydrogen-bond donors (Lipinski definition) is 0. The first-order valence-corrected chi connectivity index (χ1v) is 10.7. The Hall–Kier alpha value is -2.83. The molecule has 2 aromatic rings. The number of rotatable bonds is 7. The van der Waals surface area contributed by atoms with Gasteiger partial charge in [0, 0.05) is 56.6 Å². The van der Waals surface area contributed by atoms with Crippen molar-refractivity contribution in [3.8, 4) is 0 Å². The fourth-order valence-corrected chi connectivity index (χ4v) is 3.74. The molecule has 1 aromatic heterocycles. The molecule has 7 heteroatoms. The van der Waals surface area contributed by atoms with Crippen molar-refractivity contribution in [3.63, 3.8) is 0 Å². The van der Waals surface area contributed by atoms with Gasteiger partial charge in [-0.3, -0.25) is 9.59 Å².